The van der Waals surface area contributed by atoms with Gasteiger partial charge in [-0.1, -0.05) is 38.6 Å². The molecule has 3 nitrogen and oxygen atoms in total. The van der Waals surface area contributed by atoms with Crippen molar-refractivity contribution in [2.45, 2.75) is 33.2 Å². The third-order valence-corrected chi connectivity index (χ3v) is 4.68. The number of hydrogen-bond donors (Lipinski definition) is 1. The Morgan fingerprint density at radius 2 is 2.10 bits per heavy atom. The van der Waals surface area contributed by atoms with Crippen LogP contribution in [0.25, 0.3) is 10.9 Å². The second kappa shape index (κ2) is 5.68. The van der Waals surface area contributed by atoms with Crippen LogP contribution in [0, 0.1) is 5.41 Å². The first-order chi connectivity index (χ1) is 10.0. The van der Waals surface area contributed by atoms with E-state index in [1.165, 1.54) is 0 Å². The molecule has 0 spiro atoms. The Bertz CT molecular complexity index is 673. The van der Waals surface area contributed by atoms with E-state index in [0.717, 1.165) is 33.9 Å². The largest absolute Gasteiger partial charge is 0.335 e. The van der Waals surface area contributed by atoms with E-state index in [1.54, 1.807) is 11.8 Å². The summed E-state index contributed by atoms with van der Waals surface area (Å²) in [5, 5.41) is 5.64. The van der Waals surface area contributed by atoms with E-state index in [-0.39, 0.29) is 5.41 Å². The molecule has 1 aliphatic rings. The first-order valence-electron chi connectivity index (χ1n) is 7.35. The Morgan fingerprint density at radius 1 is 1.24 bits per heavy atom. The molecular formula is C17H21N3S. The number of rotatable bonds is 1. The highest BCUT2D eigenvalue weighted by atomic mass is 32.2. The number of pyridine rings is 1. The number of nitrogens with one attached hydrogen (secondary N) is 1. The molecule has 0 fully saturated rings. The zero-order valence-electron chi connectivity index (χ0n) is 12.8. The van der Waals surface area contributed by atoms with Gasteiger partial charge in [-0.2, -0.15) is 0 Å². The van der Waals surface area contributed by atoms with Gasteiger partial charge in [0.2, 0.25) is 0 Å². The van der Waals surface area contributed by atoms with Crippen molar-refractivity contribution in [2.24, 2.45) is 10.4 Å². The number of aliphatic imine (C=N–C) groups is 1. The van der Waals surface area contributed by atoms with E-state index in [9.17, 15) is 0 Å². The van der Waals surface area contributed by atoms with E-state index in [1.807, 2.05) is 18.3 Å². The number of thioether (sulfide) groups is 1. The lowest BCUT2D eigenvalue weighted by molar-refractivity contribution is 0.316. The summed E-state index contributed by atoms with van der Waals surface area (Å²) in [6.45, 7) is 6.78. The molecule has 2 heterocycles. The van der Waals surface area contributed by atoms with Gasteiger partial charge in [-0.15, -0.1) is 0 Å². The minimum Gasteiger partial charge on any atom is -0.335 e. The minimum absolute atomic E-state index is 0.223. The van der Waals surface area contributed by atoms with Crippen LogP contribution in [0.3, 0.4) is 0 Å². The molecule has 2 aromatic rings. The smallest absolute Gasteiger partial charge is 0.161 e. The lowest BCUT2D eigenvalue weighted by atomic mass is 9.85. The molecule has 110 valence electrons. The van der Waals surface area contributed by atoms with Gasteiger partial charge in [0.05, 0.1) is 11.6 Å². The summed E-state index contributed by atoms with van der Waals surface area (Å²) in [5.41, 5.74) is 2.33. The quantitative estimate of drug-likeness (QED) is 0.839. The molecule has 0 amide bonds. The molecule has 0 saturated carbocycles. The van der Waals surface area contributed by atoms with Gasteiger partial charge in [0.15, 0.2) is 5.17 Å². The van der Waals surface area contributed by atoms with Crippen LogP contribution < -0.4 is 5.32 Å². The lowest BCUT2D eigenvalue weighted by Gasteiger charge is -2.31. The fraction of sp³-hybridized carbons (Fsp3) is 0.412. The molecule has 0 bridgehead atoms. The van der Waals surface area contributed by atoms with Crippen LogP contribution in [-0.4, -0.2) is 21.9 Å². The van der Waals surface area contributed by atoms with Gasteiger partial charge >= 0.3 is 0 Å². The Balaban J connectivity index is 1.82. The van der Waals surface area contributed by atoms with Gasteiger partial charge in [-0.05, 0) is 36.1 Å². The predicted molar refractivity (Wildman–Crippen MR) is 93.1 cm³/mol. The number of hydrogen-bond acceptors (Lipinski definition) is 4. The van der Waals surface area contributed by atoms with E-state index in [4.69, 9.17) is 4.99 Å². The minimum atomic E-state index is 0.223. The topological polar surface area (TPSA) is 37.3 Å². The molecule has 0 aliphatic carbocycles. The van der Waals surface area contributed by atoms with Gasteiger partial charge in [0.25, 0.3) is 0 Å². The summed E-state index contributed by atoms with van der Waals surface area (Å²) < 4.78 is 0. The molecular weight excluding hydrogens is 278 g/mol. The zero-order valence-corrected chi connectivity index (χ0v) is 13.6. The summed E-state index contributed by atoms with van der Waals surface area (Å²) in [4.78, 5) is 9.23. The Labute approximate surface area is 130 Å². The van der Waals surface area contributed by atoms with Crippen LogP contribution in [0.5, 0.6) is 0 Å². The van der Waals surface area contributed by atoms with Gasteiger partial charge in [-0.25, -0.2) is 0 Å². The summed E-state index contributed by atoms with van der Waals surface area (Å²) >= 11 is 1.81. The highest BCUT2D eigenvalue weighted by molar-refractivity contribution is 8.14. The summed E-state index contributed by atoms with van der Waals surface area (Å²) in [6, 6.07) is 10.7. The molecule has 1 N–H and O–H groups in total. The van der Waals surface area contributed by atoms with Crippen molar-refractivity contribution in [3.05, 3.63) is 36.5 Å². The van der Waals surface area contributed by atoms with Crippen molar-refractivity contribution in [1.29, 1.82) is 0 Å². The fourth-order valence-electron chi connectivity index (χ4n) is 2.48. The average molecular weight is 299 g/mol. The molecule has 1 aliphatic heterocycles. The van der Waals surface area contributed by atoms with Crippen LogP contribution in [-0.2, 0) is 0 Å². The molecule has 1 atom stereocenters. The molecule has 4 heteroatoms. The summed E-state index contributed by atoms with van der Waals surface area (Å²) in [6.07, 6.45) is 2.98. The number of amidine groups is 1. The first kappa shape index (κ1) is 14.4. The van der Waals surface area contributed by atoms with E-state index < -0.39 is 0 Å². The molecule has 1 aromatic heterocycles. The predicted octanol–water partition coefficient (Wildman–Crippen LogP) is 4.55. The van der Waals surface area contributed by atoms with Crippen LogP contribution in [0.1, 0.15) is 27.2 Å². The first-order valence-corrected chi connectivity index (χ1v) is 8.33. The average Bonchev–Trinajstić information content (AvgIpc) is 2.46. The standard InChI is InChI=1S/C17H21N3S/c1-17(2,3)15-8-10-21-16(20-15)19-13-6-7-14-12(11-13)5-4-9-18-14/h4-7,9,11,15H,8,10H2,1-3H3,(H,19,20). The van der Waals surface area contributed by atoms with Crippen LogP contribution in [0.4, 0.5) is 5.69 Å². The van der Waals surface area contributed by atoms with Crippen molar-refractivity contribution in [1.82, 2.24) is 4.98 Å². The Hall–Kier alpha value is -1.55. The fourth-order valence-corrected chi connectivity index (χ4v) is 3.41. The molecule has 21 heavy (non-hydrogen) atoms. The highest BCUT2D eigenvalue weighted by Crippen LogP contribution is 2.31. The normalized spacial score (nSPS) is 19.4. The monoisotopic (exact) mass is 299 g/mol. The highest BCUT2D eigenvalue weighted by Gasteiger charge is 2.27. The van der Waals surface area contributed by atoms with Crippen LogP contribution >= 0.6 is 11.8 Å². The number of anilines is 1. The second-order valence-corrected chi connectivity index (χ2v) is 7.57. The zero-order chi connectivity index (χ0) is 14.9. The second-order valence-electron chi connectivity index (χ2n) is 6.49. The molecule has 1 unspecified atom stereocenters. The molecule has 0 saturated heterocycles. The van der Waals surface area contributed by atoms with Gasteiger partial charge in [-0.3, -0.25) is 9.98 Å². The van der Waals surface area contributed by atoms with E-state index in [2.05, 4.69) is 49.3 Å². The summed E-state index contributed by atoms with van der Waals surface area (Å²) in [7, 11) is 0. The van der Waals surface area contributed by atoms with Crippen LogP contribution in [0.15, 0.2) is 41.5 Å². The van der Waals surface area contributed by atoms with Gasteiger partial charge < -0.3 is 5.32 Å². The van der Waals surface area contributed by atoms with Gasteiger partial charge in [0, 0.05) is 23.0 Å². The maximum atomic E-state index is 4.88. The van der Waals surface area contributed by atoms with Gasteiger partial charge in [0.1, 0.15) is 0 Å². The third-order valence-electron chi connectivity index (χ3n) is 3.76. The van der Waals surface area contributed by atoms with Crippen molar-refractivity contribution in [3.63, 3.8) is 0 Å². The van der Waals surface area contributed by atoms with Crippen LogP contribution in [0.2, 0.25) is 0 Å². The van der Waals surface area contributed by atoms with Crippen molar-refractivity contribution >= 4 is 33.5 Å². The van der Waals surface area contributed by atoms with E-state index in [0.29, 0.717) is 6.04 Å². The molecule has 3 rings (SSSR count). The maximum absolute atomic E-state index is 4.88. The van der Waals surface area contributed by atoms with E-state index >= 15 is 0 Å². The summed E-state index contributed by atoms with van der Waals surface area (Å²) in [5.74, 6) is 1.13. The number of fused-ring (bicyclic) bond motifs is 1. The van der Waals surface area contributed by atoms with Crippen molar-refractivity contribution in [3.8, 4) is 0 Å². The lowest BCUT2D eigenvalue weighted by Crippen LogP contribution is -2.30. The van der Waals surface area contributed by atoms with Crippen molar-refractivity contribution < 1.29 is 0 Å². The third kappa shape index (κ3) is 3.38. The number of nitrogens with zero attached hydrogens (tertiary/aromatic N) is 2. The maximum Gasteiger partial charge on any atom is 0.161 e. The SMILES string of the molecule is CC(C)(C)C1CCSC(Nc2ccc3ncccc3c2)=N1. The number of aromatic nitrogens is 1. The Kier molecular flexibility index (Phi) is 3.89. The number of benzene rings is 1. The van der Waals surface area contributed by atoms with Crippen molar-refractivity contribution in [2.75, 3.05) is 11.1 Å². The molecule has 0 radical (unpaired) electrons. The Morgan fingerprint density at radius 3 is 2.90 bits per heavy atom. The molecule has 1 aromatic carbocycles.